The number of hydrogen-bond acceptors (Lipinski definition) is 4. The summed E-state index contributed by atoms with van der Waals surface area (Å²) in [6.45, 7) is 12.2. The van der Waals surface area contributed by atoms with Crippen LogP contribution in [0.5, 0.6) is 0 Å². The number of rotatable bonds is 6. The summed E-state index contributed by atoms with van der Waals surface area (Å²) in [6.07, 6.45) is 3.09. The minimum atomic E-state index is -0.0495. The molecule has 1 saturated heterocycles. The number of likely N-dealkylation sites (tertiary alicyclic amines) is 1. The molecule has 0 bridgehead atoms. The Labute approximate surface area is 156 Å². The largest absolute Gasteiger partial charge is 0.376 e. The van der Waals surface area contributed by atoms with E-state index in [0.29, 0.717) is 19.1 Å². The van der Waals surface area contributed by atoms with Crippen LogP contribution in [-0.2, 0) is 30.9 Å². The Morgan fingerprint density at radius 2 is 2.27 bits per heavy atom. The fraction of sp³-hybridized carbons (Fsp3) is 0.789. The number of nitrogens with zero attached hydrogens (tertiary/aromatic N) is 3. The number of nitrogens with one attached hydrogen (secondary N) is 2. The Balaban J connectivity index is 1.57. The molecule has 1 atom stereocenters. The van der Waals surface area contributed by atoms with Gasteiger partial charge in [0, 0.05) is 49.9 Å². The zero-order chi connectivity index (χ0) is 18.5. The van der Waals surface area contributed by atoms with Gasteiger partial charge in [-0.15, -0.1) is 0 Å². The number of amides is 2. The molecule has 0 radical (unpaired) electrons. The van der Waals surface area contributed by atoms with E-state index in [1.54, 1.807) is 0 Å². The first-order valence-corrected chi connectivity index (χ1v) is 9.98. The summed E-state index contributed by atoms with van der Waals surface area (Å²) in [7, 11) is 0. The van der Waals surface area contributed by atoms with Crippen LogP contribution in [0.25, 0.3) is 0 Å². The van der Waals surface area contributed by atoms with Crippen molar-refractivity contribution in [1.29, 1.82) is 0 Å². The molecule has 1 aromatic rings. The van der Waals surface area contributed by atoms with E-state index < -0.39 is 0 Å². The second kappa shape index (κ2) is 8.86. The van der Waals surface area contributed by atoms with Gasteiger partial charge in [0.15, 0.2) is 0 Å². The molecule has 2 amide bonds. The van der Waals surface area contributed by atoms with Crippen molar-refractivity contribution in [2.75, 3.05) is 26.2 Å². The van der Waals surface area contributed by atoms with Gasteiger partial charge in [-0.25, -0.2) is 4.79 Å². The van der Waals surface area contributed by atoms with Crippen LogP contribution >= 0.6 is 0 Å². The molecule has 1 aromatic heterocycles. The van der Waals surface area contributed by atoms with Crippen LogP contribution in [0.15, 0.2) is 0 Å². The lowest BCUT2D eigenvalue weighted by Gasteiger charge is -2.33. The fourth-order valence-corrected chi connectivity index (χ4v) is 3.83. The second-order valence-electron chi connectivity index (χ2n) is 7.81. The van der Waals surface area contributed by atoms with Gasteiger partial charge >= 0.3 is 6.03 Å². The second-order valence-corrected chi connectivity index (χ2v) is 7.81. The third kappa shape index (κ3) is 4.76. The highest BCUT2D eigenvalue weighted by atomic mass is 16.5. The molecule has 146 valence electrons. The lowest BCUT2D eigenvalue weighted by molar-refractivity contribution is 0.107. The van der Waals surface area contributed by atoms with Gasteiger partial charge in [0.05, 0.1) is 18.9 Å². The van der Waals surface area contributed by atoms with Gasteiger partial charge in [-0.2, -0.15) is 5.10 Å². The average Bonchev–Trinajstić information content (AvgIpc) is 2.98. The van der Waals surface area contributed by atoms with Crippen LogP contribution in [0.2, 0.25) is 0 Å². The summed E-state index contributed by atoms with van der Waals surface area (Å²) in [5.74, 6) is 0.464. The van der Waals surface area contributed by atoms with Crippen LogP contribution in [0.3, 0.4) is 0 Å². The molecule has 0 aliphatic carbocycles. The number of hydrogen-bond donors (Lipinski definition) is 2. The van der Waals surface area contributed by atoms with Crippen LogP contribution < -0.4 is 10.6 Å². The van der Waals surface area contributed by atoms with E-state index in [9.17, 15) is 4.79 Å². The molecule has 2 aliphatic rings. The van der Waals surface area contributed by atoms with E-state index >= 15 is 0 Å². The number of fused-ring (bicyclic) bond motifs is 1. The lowest BCUT2D eigenvalue weighted by Crippen LogP contribution is -2.50. The molecule has 0 aromatic carbocycles. The molecule has 7 nitrogen and oxygen atoms in total. The number of piperidine rings is 1. The average molecular weight is 364 g/mol. The predicted molar refractivity (Wildman–Crippen MR) is 101 cm³/mol. The monoisotopic (exact) mass is 363 g/mol. The minimum absolute atomic E-state index is 0.0495. The minimum Gasteiger partial charge on any atom is -0.376 e. The lowest BCUT2D eigenvalue weighted by atomic mass is 10.0. The summed E-state index contributed by atoms with van der Waals surface area (Å²) in [5, 5.41) is 10.9. The maximum atomic E-state index is 12.0. The molecule has 2 N–H and O–H groups in total. The van der Waals surface area contributed by atoms with Crippen molar-refractivity contribution < 1.29 is 9.53 Å². The molecule has 1 unspecified atom stereocenters. The number of ether oxygens (including phenoxy) is 1. The van der Waals surface area contributed by atoms with Gasteiger partial charge in [0.1, 0.15) is 0 Å². The highest BCUT2D eigenvalue weighted by molar-refractivity contribution is 5.74. The molecule has 0 saturated carbocycles. The standard InChI is InChI=1S/C19H33N5O2/c1-4-24-18-7-9-26-13-16(18)17(22-24)12-23-8-5-6-15(11-23)21-19(25)20-10-14(2)3/h14-15H,4-13H2,1-3H3,(H2,20,21,25). The van der Waals surface area contributed by atoms with Gasteiger partial charge in [0.25, 0.3) is 0 Å². The smallest absolute Gasteiger partial charge is 0.315 e. The van der Waals surface area contributed by atoms with Gasteiger partial charge in [-0.1, -0.05) is 13.8 Å². The number of carbonyl (C=O) groups excluding carboxylic acids is 1. The highest BCUT2D eigenvalue weighted by Crippen LogP contribution is 2.23. The normalized spacial score (nSPS) is 20.8. The fourth-order valence-electron chi connectivity index (χ4n) is 3.83. The number of urea groups is 1. The van der Waals surface area contributed by atoms with Crippen molar-refractivity contribution in [2.24, 2.45) is 5.92 Å². The first kappa shape index (κ1) is 19.2. The molecule has 3 heterocycles. The summed E-state index contributed by atoms with van der Waals surface area (Å²) in [6, 6.07) is 0.155. The molecular weight excluding hydrogens is 330 g/mol. The van der Waals surface area contributed by atoms with Crippen molar-refractivity contribution >= 4 is 6.03 Å². The summed E-state index contributed by atoms with van der Waals surface area (Å²) in [5.41, 5.74) is 3.77. The molecule has 0 spiro atoms. The van der Waals surface area contributed by atoms with Crippen LogP contribution in [0, 0.1) is 5.92 Å². The Morgan fingerprint density at radius 3 is 3.04 bits per heavy atom. The molecule has 7 heteroatoms. The predicted octanol–water partition coefficient (Wildman–Crippen LogP) is 1.90. The van der Waals surface area contributed by atoms with Gasteiger partial charge in [-0.3, -0.25) is 9.58 Å². The Bertz CT molecular complexity index is 613. The van der Waals surface area contributed by atoms with Gasteiger partial charge in [0.2, 0.25) is 0 Å². The van der Waals surface area contributed by atoms with Crippen molar-refractivity contribution in [2.45, 2.75) is 65.8 Å². The Hall–Kier alpha value is -1.60. The number of aryl methyl sites for hydroxylation is 1. The number of aromatic nitrogens is 2. The maximum Gasteiger partial charge on any atom is 0.315 e. The molecule has 1 fully saturated rings. The third-order valence-electron chi connectivity index (χ3n) is 5.16. The SMILES string of the molecule is CCn1nc(CN2CCCC(NC(=O)NCC(C)C)C2)c2c1CCOC2. The van der Waals surface area contributed by atoms with Crippen LogP contribution in [0.4, 0.5) is 4.79 Å². The summed E-state index contributed by atoms with van der Waals surface area (Å²) in [4.78, 5) is 14.5. The molecule has 26 heavy (non-hydrogen) atoms. The zero-order valence-electron chi connectivity index (χ0n) is 16.4. The zero-order valence-corrected chi connectivity index (χ0v) is 16.4. The van der Waals surface area contributed by atoms with E-state index in [2.05, 4.69) is 41.0 Å². The van der Waals surface area contributed by atoms with Crippen LogP contribution in [0.1, 0.15) is 50.6 Å². The first-order valence-electron chi connectivity index (χ1n) is 9.98. The topological polar surface area (TPSA) is 71.4 Å². The van der Waals surface area contributed by atoms with E-state index in [4.69, 9.17) is 9.84 Å². The first-order chi connectivity index (χ1) is 12.6. The van der Waals surface area contributed by atoms with E-state index in [-0.39, 0.29) is 12.1 Å². The van der Waals surface area contributed by atoms with Crippen LogP contribution in [-0.4, -0.2) is 53.0 Å². The van der Waals surface area contributed by atoms with Crippen molar-refractivity contribution in [3.63, 3.8) is 0 Å². The van der Waals surface area contributed by atoms with Gasteiger partial charge in [-0.05, 0) is 32.2 Å². The van der Waals surface area contributed by atoms with Crippen molar-refractivity contribution in [3.05, 3.63) is 17.0 Å². The molecule has 2 aliphatic heterocycles. The van der Waals surface area contributed by atoms with E-state index in [1.165, 1.54) is 11.3 Å². The van der Waals surface area contributed by atoms with E-state index in [0.717, 1.165) is 57.7 Å². The summed E-state index contributed by atoms with van der Waals surface area (Å²) >= 11 is 0. The van der Waals surface area contributed by atoms with Crippen molar-refractivity contribution in [3.8, 4) is 0 Å². The van der Waals surface area contributed by atoms with Gasteiger partial charge < -0.3 is 15.4 Å². The highest BCUT2D eigenvalue weighted by Gasteiger charge is 2.25. The van der Waals surface area contributed by atoms with Crippen molar-refractivity contribution in [1.82, 2.24) is 25.3 Å². The molecular formula is C19H33N5O2. The molecule has 3 rings (SSSR count). The van der Waals surface area contributed by atoms with E-state index in [1.807, 2.05) is 0 Å². The summed E-state index contributed by atoms with van der Waals surface area (Å²) < 4.78 is 7.80. The number of carbonyl (C=O) groups is 1. The Morgan fingerprint density at radius 1 is 1.42 bits per heavy atom. The third-order valence-corrected chi connectivity index (χ3v) is 5.16. The maximum absolute atomic E-state index is 12.0. The quantitative estimate of drug-likeness (QED) is 0.810. The Kier molecular flexibility index (Phi) is 6.53.